The second kappa shape index (κ2) is 8.72. The lowest BCUT2D eigenvalue weighted by atomic mass is 9.87. The highest BCUT2D eigenvalue weighted by molar-refractivity contribution is 5.76. The van der Waals surface area contributed by atoms with Crippen LogP contribution < -0.4 is 9.47 Å². The van der Waals surface area contributed by atoms with E-state index in [9.17, 15) is 0 Å². The molecule has 0 N–H and O–H groups in total. The van der Waals surface area contributed by atoms with Crippen molar-refractivity contribution in [2.45, 2.75) is 64.4 Å². The number of hydrogen-bond donors (Lipinski definition) is 0. The molecule has 0 unspecified atom stereocenters. The van der Waals surface area contributed by atoms with Crippen molar-refractivity contribution in [3.63, 3.8) is 0 Å². The molecule has 1 aliphatic carbocycles. The van der Waals surface area contributed by atoms with E-state index in [0.29, 0.717) is 22.9 Å². The van der Waals surface area contributed by atoms with Crippen molar-refractivity contribution in [2.75, 3.05) is 7.11 Å². The second-order valence-electron chi connectivity index (χ2n) is 8.55. The summed E-state index contributed by atoms with van der Waals surface area (Å²) < 4.78 is 18.6. The summed E-state index contributed by atoms with van der Waals surface area (Å²) in [6.45, 7) is 6.00. The van der Waals surface area contributed by atoms with Crippen LogP contribution in [0.15, 0.2) is 23.0 Å². The molecule has 0 aliphatic heterocycles. The van der Waals surface area contributed by atoms with Crippen molar-refractivity contribution >= 4 is 11.2 Å². The average molecular weight is 451 g/mol. The molecular formula is C22H26N8O3. The van der Waals surface area contributed by atoms with Gasteiger partial charge in [0, 0.05) is 17.9 Å². The fraction of sp³-hybridized carbons (Fsp3) is 0.500. The number of aryl methyl sites for hydroxylation is 1. The van der Waals surface area contributed by atoms with Crippen LogP contribution in [-0.4, -0.2) is 53.3 Å². The zero-order valence-electron chi connectivity index (χ0n) is 19.1. The van der Waals surface area contributed by atoms with E-state index in [1.165, 1.54) is 6.33 Å². The first-order valence-corrected chi connectivity index (χ1v) is 11.1. The van der Waals surface area contributed by atoms with Crippen LogP contribution in [0.3, 0.4) is 0 Å². The zero-order chi connectivity index (χ0) is 22.9. The molecule has 1 fully saturated rings. The van der Waals surface area contributed by atoms with E-state index in [-0.39, 0.29) is 17.9 Å². The van der Waals surface area contributed by atoms with Gasteiger partial charge in [-0.15, -0.1) is 5.10 Å². The van der Waals surface area contributed by atoms with Crippen molar-refractivity contribution in [1.29, 1.82) is 0 Å². The van der Waals surface area contributed by atoms with Crippen LogP contribution in [0.5, 0.6) is 11.8 Å². The van der Waals surface area contributed by atoms with Crippen LogP contribution in [0, 0.1) is 6.92 Å². The van der Waals surface area contributed by atoms with E-state index in [0.717, 1.165) is 48.8 Å². The molecular weight excluding hydrogens is 424 g/mol. The van der Waals surface area contributed by atoms with Gasteiger partial charge in [0.25, 0.3) is 0 Å². The third-order valence-corrected chi connectivity index (χ3v) is 5.95. The molecule has 11 nitrogen and oxygen atoms in total. The number of hydrogen-bond acceptors (Lipinski definition) is 10. The van der Waals surface area contributed by atoms with Gasteiger partial charge in [0.2, 0.25) is 17.7 Å². The Morgan fingerprint density at radius 1 is 1.09 bits per heavy atom. The van der Waals surface area contributed by atoms with Crippen molar-refractivity contribution in [3.8, 4) is 17.4 Å². The Kier molecular flexibility index (Phi) is 5.61. The summed E-state index contributed by atoms with van der Waals surface area (Å²) in [4.78, 5) is 17.7. The Hall–Kier alpha value is -3.63. The molecule has 0 radical (unpaired) electrons. The van der Waals surface area contributed by atoms with E-state index in [4.69, 9.17) is 14.0 Å². The standard InChI is InChI=1S/C22H26N8O3/c1-12(2)19-26-21(33-28-19)14-5-7-15(8-6-14)32-22-18-20(23-11-24-22)30(29-27-18)16-9-10-17(31-4)25-13(16)3/h9-12,14-15H,5-8H2,1-4H3. The number of methoxy groups -OCH3 is 1. The lowest BCUT2D eigenvalue weighted by Gasteiger charge is -2.26. The Labute approximate surface area is 190 Å². The molecule has 1 saturated carbocycles. The van der Waals surface area contributed by atoms with Gasteiger partial charge in [0.05, 0.1) is 18.5 Å². The molecule has 0 aromatic carbocycles. The monoisotopic (exact) mass is 450 g/mol. The van der Waals surface area contributed by atoms with Crippen molar-refractivity contribution < 1.29 is 14.0 Å². The highest BCUT2D eigenvalue weighted by Gasteiger charge is 2.29. The Bertz CT molecular complexity index is 1260. The summed E-state index contributed by atoms with van der Waals surface area (Å²) in [6, 6.07) is 3.65. The topological polar surface area (TPSA) is 127 Å². The highest BCUT2D eigenvalue weighted by Crippen LogP contribution is 2.35. The van der Waals surface area contributed by atoms with Crippen LogP contribution in [0.25, 0.3) is 16.9 Å². The molecule has 33 heavy (non-hydrogen) atoms. The minimum Gasteiger partial charge on any atom is -0.481 e. The molecule has 4 aromatic rings. The molecule has 4 heterocycles. The summed E-state index contributed by atoms with van der Waals surface area (Å²) in [6.07, 6.45) is 5.07. The van der Waals surface area contributed by atoms with Gasteiger partial charge in [-0.05, 0) is 38.7 Å². The van der Waals surface area contributed by atoms with Gasteiger partial charge in [-0.3, -0.25) is 0 Å². The normalized spacial score (nSPS) is 18.7. The molecule has 0 saturated heterocycles. The Balaban J connectivity index is 1.31. The van der Waals surface area contributed by atoms with Crippen molar-refractivity contribution in [1.82, 2.24) is 40.1 Å². The van der Waals surface area contributed by atoms with Gasteiger partial charge in [-0.2, -0.15) is 14.6 Å². The van der Waals surface area contributed by atoms with Crippen LogP contribution in [0.4, 0.5) is 0 Å². The van der Waals surface area contributed by atoms with E-state index in [2.05, 4.69) is 49.3 Å². The number of ether oxygens (including phenoxy) is 2. The van der Waals surface area contributed by atoms with Gasteiger partial charge in [0.15, 0.2) is 17.0 Å². The SMILES string of the molecule is COc1ccc(-n2nnc3c(OC4CCC(c5nc(C(C)C)no5)CC4)ncnc32)c(C)n1. The number of pyridine rings is 1. The molecule has 1 aliphatic rings. The van der Waals surface area contributed by atoms with Crippen LogP contribution >= 0.6 is 0 Å². The maximum Gasteiger partial charge on any atom is 0.247 e. The van der Waals surface area contributed by atoms with Crippen LogP contribution in [0.2, 0.25) is 0 Å². The average Bonchev–Trinajstić information content (AvgIpc) is 3.48. The largest absolute Gasteiger partial charge is 0.481 e. The first-order valence-electron chi connectivity index (χ1n) is 11.1. The Morgan fingerprint density at radius 2 is 1.91 bits per heavy atom. The summed E-state index contributed by atoms with van der Waals surface area (Å²) in [7, 11) is 1.58. The van der Waals surface area contributed by atoms with Crippen molar-refractivity contribution in [3.05, 3.63) is 35.9 Å². The van der Waals surface area contributed by atoms with Gasteiger partial charge in [-0.25, -0.2) is 9.97 Å². The Morgan fingerprint density at radius 3 is 2.61 bits per heavy atom. The van der Waals surface area contributed by atoms with E-state index in [1.54, 1.807) is 17.9 Å². The molecule has 11 heteroatoms. The molecule has 4 aromatic heterocycles. The number of nitrogens with zero attached hydrogens (tertiary/aromatic N) is 8. The predicted molar refractivity (Wildman–Crippen MR) is 118 cm³/mol. The lowest BCUT2D eigenvalue weighted by Crippen LogP contribution is -2.24. The van der Waals surface area contributed by atoms with Gasteiger partial charge in [0.1, 0.15) is 12.4 Å². The van der Waals surface area contributed by atoms with Crippen molar-refractivity contribution in [2.24, 2.45) is 0 Å². The number of rotatable bonds is 6. The van der Waals surface area contributed by atoms with Gasteiger partial charge < -0.3 is 14.0 Å². The third-order valence-electron chi connectivity index (χ3n) is 5.95. The molecule has 0 bridgehead atoms. The van der Waals surface area contributed by atoms with Gasteiger partial charge >= 0.3 is 0 Å². The van der Waals surface area contributed by atoms with E-state index < -0.39 is 0 Å². The lowest BCUT2D eigenvalue weighted by molar-refractivity contribution is 0.135. The number of aromatic nitrogens is 8. The minimum absolute atomic E-state index is 0.0291. The maximum absolute atomic E-state index is 6.24. The van der Waals surface area contributed by atoms with E-state index in [1.807, 2.05) is 13.0 Å². The zero-order valence-corrected chi connectivity index (χ0v) is 19.1. The fourth-order valence-corrected chi connectivity index (χ4v) is 4.08. The molecule has 172 valence electrons. The van der Waals surface area contributed by atoms with Gasteiger partial charge in [-0.1, -0.05) is 24.2 Å². The quantitative estimate of drug-likeness (QED) is 0.430. The first-order chi connectivity index (χ1) is 16.0. The summed E-state index contributed by atoms with van der Waals surface area (Å²) >= 11 is 0. The fourth-order valence-electron chi connectivity index (χ4n) is 4.08. The molecule has 0 spiro atoms. The predicted octanol–water partition coefficient (Wildman–Crippen LogP) is 3.53. The minimum atomic E-state index is 0.0291. The third kappa shape index (κ3) is 4.10. The molecule has 0 atom stereocenters. The smallest absolute Gasteiger partial charge is 0.247 e. The summed E-state index contributed by atoms with van der Waals surface area (Å²) in [5.41, 5.74) is 2.61. The van der Waals surface area contributed by atoms with Crippen LogP contribution in [0.1, 0.15) is 68.8 Å². The highest BCUT2D eigenvalue weighted by atomic mass is 16.5. The first kappa shape index (κ1) is 21.2. The second-order valence-corrected chi connectivity index (χ2v) is 8.55. The number of fused-ring (bicyclic) bond motifs is 1. The molecule has 5 rings (SSSR count). The molecule has 0 amide bonds. The van der Waals surface area contributed by atoms with E-state index >= 15 is 0 Å². The summed E-state index contributed by atoms with van der Waals surface area (Å²) in [5, 5.41) is 12.7. The maximum atomic E-state index is 6.24. The summed E-state index contributed by atoms with van der Waals surface area (Å²) in [5.74, 6) is 2.99. The van der Waals surface area contributed by atoms with Crippen LogP contribution in [-0.2, 0) is 0 Å².